The number of amides is 1. The first-order valence-electron chi connectivity index (χ1n) is 11.2. The Balaban J connectivity index is 1.38. The third kappa shape index (κ3) is 3.75. The van der Waals surface area contributed by atoms with Gasteiger partial charge in [-0.2, -0.15) is 0 Å². The van der Waals surface area contributed by atoms with Crippen molar-refractivity contribution >= 4 is 21.6 Å². The van der Waals surface area contributed by atoms with E-state index < -0.39 is 10.0 Å². The van der Waals surface area contributed by atoms with Gasteiger partial charge in [0.25, 0.3) is 15.9 Å². The monoisotopic (exact) mass is 438 g/mol. The number of aryl methyl sites for hydroxylation is 1. The summed E-state index contributed by atoms with van der Waals surface area (Å²) in [5.74, 6) is 2.06. The predicted octanol–water partition coefficient (Wildman–Crippen LogP) is 4.52. The van der Waals surface area contributed by atoms with E-state index >= 15 is 0 Å². The van der Waals surface area contributed by atoms with Gasteiger partial charge >= 0.3 is 0 Å². The van der Waals surface area contributed by atoms with E-state index in [9.17, 15) is 13.2 Å². The van der Waals surface area contributed by atoms with Gasteiger partial charge in [0.15, 0.2) is 0 Å². The Bertz CT molecular complexity index is 1090. The van der Waals surface area contributed by atoms with Crippen LogP contribution in [0.15, 0.2) is 53.4 Å². The Hall–Kier alpha value is -2.34. The van der Waals surface area contributed by atoms with E-state index in [4.69, 9.17) is 0 Å². The number of benzene rings is 2. The van der Waals surface area contributed by atoms with E-state index in [2.05, 4.69) is 5.32 Å². The molecule has 0 aliphatic heterocycles. The molecule has 4 bridgehead atoms. The summed E-state index contributed by atoms with van der Waals surface area (Å²) < 4.78 is 27.7. The highest BCUT2D eigenvalue weighted by molar-refractivity contribution is 7.92. The molecule has 4 aliphatic carbocycles. The normalized spacial score (nSPS) is 29.0. The van der Waals surface area contributed by atoms with E-state index in [-0.39, 0.29) is 16.3 Å². The lowest BCUT2D eigenvalue weighted by Crippen LogP contribution is -2.59. The number of anilines is 1. The minimum atomic E-state index is -3.76. The molecule has 0 saturated heterocycles. The fraction of sp³-hybridized carbons (Fsp3) is 0.480. The van der Waals surface area contributed by atoms with E-state index in [1.54, 1.807) is 31.3 Å². The number of rotatable bonds is 5. The highest BCUT2D eigenvalue weighted by Gasteiger charge is 2.51. The molecule has 4 aliphatic rings. The van der Waals surface area contributed by atoms with Crippen molar-refractivity contribution in [2.75, 3.05) is 11.4 Å². The molecule has 0 unspecified atom stereocenters. The van der Waals surface area contributed by atoms with Gasteiger partial charge in [0.1, 0.15) is 0 Å². The lowest BCUT2D eigenvalue weighted by atomic mass is 9.53. The average molecular weight is 439 g/mol. The number of nitrogens with one attached hydrogen (secondary N) is 1. The second-order valence-corrected chi connectivity index (χ2v) is 12.0. The molecule has 5 nitrogen and oxygen atoms in total. The van der Waals surface area contributed by atoms with Crippen LogP contribution < -0.4 is 9.62 Å². The first-order chi connectivity index (χ1) is 14.7. The van der Waals surface area contributed by atoms with Crippen molar-refractivity contribution in [3.63, 3.8) is 0 Å². The number of sulfonamides is 1. The topological polar surface area (TPSA) is 66.5 Å². The molecule has 0 atom stereocenters. The SMILES string of the molecule is Cc1cccc(N(C)S(=O)(=O)c2cccc(C(=O)NC34CC5CC(CC(C5)C3)C4)c2)c1. The van der Waals surface area contributed by atoms with Crippen molar-refractivity contribution in [1.82, 2.24) is 5.32 Å². The molecule has 2 aromatic carbocycles. The predicted molar refractivity (Wildman–Crippen MR) is 122 cm³/mol. The Kier molecular flexibility index (Phi) is 4.88. The molecule has 1 N–H and O–H groups in total. The lowest BCUT2D eigenvalue weighted by molar-refractivity contribution is -0.0167. The summed E-state index contributed by atoms with van der Waals surface area (Å²) in [6.07, 6.45) is 7.15. The van der Waals surface area contributed by atoms with Gasteiger partial charge < -0.3 is 5.32 Å². The zero-order valence-corrected chi connectivity index (χ0v) is 19.0. The van der Waals surface area contributed by atoms with Crippen molar-refractivity contribution in [2.24, 2.45) is 17.8 Å². The average Bonchev–Trinajstić information content (AvgIpc) is 2.72. The summed E-state index contributed by atoms with van der Waals surface area (Å²) in [6.45, 7) is 1.93. The molecule has 0 radical (unpaired) electrons. The first kappa shape index (κ1) is 20.6. The standard InChI is InChI=1S/C25H30N2O3S/c1-17-5-3-7-22(9-17)27(2)31(29,30)23-8-4-6-21(13-23)24(28)26-25-14-18-10-19(15-25)12-20(11-18)16-25/h3-9,13,18-20H,10-12,14-16H2,1-2H3,(H,26,28). The second kappa shape index (κ2) is 7.37. The number of hydrogen-bond acceptors (Lipinski definition) is 3. The molecular formula is C25H30N2O3S. The smallest absolute Gasteiger partial charge is 0.264 e. The largest absolute Gasteiger partial charge is 0.347 e. The first-order valence-corrected chi connectivity index (χ1v) is 12.7. The van der Waals surface area contributed by atoms with E-state index in [1.165, 1.54) is 29.6 Å². The van der Waals surface area contributed by atoms with Gasteiger partial charge in [-0.1, -0.05) is 18.2 Å². The maximum atomic E-state index is 13.2. The van der Waals surface area contributed by atoms with Gasteiger partial charge in [0.2, 0.25) is 0 Å². The van der Waals surface area contributed by atoms with Crippen LogP contribution in [0, 0.1) is 24.7 Å². The molecule has 6 rings (SSSR count). The van der Waals surface area contributed by atoms with Crippen LogP contribution in [0.5, 0.6) is 0 Å². The van der Waals surface area contributed by atoms with Gasteiger partial charge in [-0.25, -0.2) is 8.42 Å². The van der Waals surface area contributed by atoms with Crippen LogP contribution in [0.1, 0.15) is 54.4 Å². The van der Waals surface area contributed by atoms with E-state index in [1.807, 2.05) is 25.1 Å². The Morgan fingerprint density at radius 1 is 0.968 bits per heavy atom. The minimum absolute atomic E-state index is 0.0981. The number of nitrogens with zero attached hydrogens (tertiary/aromatic N) is 1. The van der Waals surface area contributed by atoms with Gasteiger partial charge in [0, 0.05) is 18.2 Å². The lowest BCUT2D eigenvalue weighted by Gasteiger charge is -2.56. The van der Waals surface area contributed by atoms with Crippen molar-refractivity contribution < 1.29 is 13.2 Å². The summed E-state index contributed by atoms with van der Waals surface area (Å²) in [4.78, 5) is 13.3. The maximum Gasteiger partial charge on any atom is 0.264 e. The third-order valence-corrected chi connectivity index (χ3v) is 9.32. The van der Waals surface area contributed by atoms with Crippen LogP contribution >= 0.6 is 0 Å². The molecule has 6 heteroatoms. The summed E-state index contributed by atoms with van der Waals surface area (Å²) in [5, 5.41) is 3.34. The fourth-order valence-electron chi connectivity index (χ4n) is 6.50. The summed E-state index contributed by atoms with van der Waals surface area (Å²) in [7, 11) is -2.22. The summed E-state index contributed by atoms with van der Waals surface area (Å²) >= 11 is 0. The molecule has 31 heavy (non-hydrogen) atoms. The molecule has 1 amide bonds. The fourth-order valence-corrected chi connectivity index (χ4v) is 7.73. The maximum absolute atomic E-state index is 13.2. The zero-order valence-electron chi connectivity index (χ0n) is 18.2. The Labute approximate surface area is 184 Å². The van der Waals surface area contributed by atoms with Gasteiger partial charge in [-0.3, -0.25) is 9.10 Å². The van der Waals surface area contributed by atoms with Crippen molar-refractivity contribution in [3.05, 3.63) is 59.7 Å². The van der Waals surface area contributed by atoms with Crippen LogP contribution in [0.2, 0.25) is 0 Å². The quantitative estimate of drug-likeness (QED) is 0.746. The van der Waals surface area contributed by atoms with Crippen molar-refractivity contribution in [2.45, 2.75) is 55.9 Å². The molecule has 4 fully saturated rings. The zero-order chi connectivity index (χ0) is 21.8. The van der Waals surface area contributed by atoms with Crippen LogP contribution in [0.25, 0.3) is 0 Å². The highest BCUT2D eigenvalue weighted by atomic mass is 32.2. The second-order valence-electron chi connectivity index (χ2n) is 9.99. The molecule has 4 saturated carbocycles. The molecule has 0 heterocycles. The summed E-state index contributed by atoms with van der Waals surface area (Å²) in [5.41, 5.74) is 1.90. The Morgan fingerprint density at radius 3 is 2.19 bits per heavy atom. The van der Waals surface area contributed by atoms with Gasteiger partial charge in [-0.05, 0) is 99.1 Å². The Morgan fingerprint density at radius 2 is 1.58 bits per heavy atom. The molecule has 2 aromatic rings. The minimum Gasteiger partial charge on any atom is -0.347 e. The van der Waals surface area contributed by atoms with Crippen molar-refractivity contribution in [1.29, 1.82) is 0 Å². The van der Waals surface area contributed by atoms with Crippen molar-refractivity contribution in [3.8, 4) is 0 Å². The summed E-state index contributed by atoms with van der Waals surface area (Å²) in [6, 6.07) is 13.8. The van der Waals surface area contributed by atoms with Gasteiger partial charge in [-0.15, -0.1) is 0 Å². The third-order valence-electron chi connectivity index (χ3n) is 7.54. The molecular weight excluding hydrogens is 408 g/mol. The number of carbonyl (C=O) groups is 1. The molecule has 164 valence electrons. The van der Waals surface area contributed by atoms with E-state index in [0.717, 1.165) is 42.6 Å². The number of hydrogen-bond donors (Lipinski definition) is 1. The van der Waals surface area contributed by atoms with Crippen LogP contribution in [-0.4, -0.2) is 26.9 Å². The molecule has 0 spiro atoms. The van der Waals surface area contributed by atoms with Gasteiger partial charge in [0.05, 0.1) is 10.6 Å². The van der Waals surface area contributed by atoms with E-state index in [0.29, 0.717) is 11.3 Å². The number of carbonyl (C=O) groups excluding carboxylic acids is 1. The molecule has 0 aromatic heterocycles. The van der Waals surface area contributed by atoms with Crippen LogP contribution in [0.4, 0.5) is 5.69 Å². The van der Waals surface area contributed by atoms with Crippen LogP contribution in [-0.2, 0) is 10.0 Å². The van der Waals surface area contributed by atoms with Crippen LogP contribution in [0.3, 0.4) is 0 Å². The highest BCUT2D eigenvalue weighted by Crippen LogP contribution is 2.55.